The van der Waals surface area contributed by atoms with Crippen molar-refractivity contribution in [2.75, 3.05) is 51.6 Å². The van der Waals surface area contributed by atoms with Crippen LogP contribution in [0.15, 0.2) is 48.5 Å². The average molecular weight is 399 g/mol. The summed E-state index contributed by atoms with van der Waals surface area (Å²) < 4.78 is 0. The summed E-state index contributed by atoms with van der Waals surface area (Å²) in [6.07, 6.45) is 3.78. The highest BCUT2D eigenvalue weighted by Gasteiger charge is 2.12. The maximum Gasteiger partial charge on any atom is 0.0730 e. The highest BCUT2D eigenvalue weighted by Crippen LogP contribution is 2.30. The number of rotatable bonds is 7. The van der Waals surface area contributed by atoms with Crippen molar-refractivity contribution < 1.29 is 0 Å². The smallest absolute Gasteiger partial charge is 0.0730 e. The van der Waals surface area contributed by atoms with E-state index in [-0.39, 0.29) is 12.4 Å². The molecular formula is C23H31ClN4. The Labute approximate surface area is 174 Å². The molecule has 0 radical (unpaired) electrons. The molecule has 2 heterocycles. The molecule has 3 aromatic rings. The highest BCUT2D eigenvalue weighted by molar-refractivity contribution is 6.07. The van der Waals surface area contributed by atoms with E-state index in [2.05, 4.69) is 70.7 Å². The van der Waals surface area contributed by atoms with Gasteiger partial charge in [-0.05, 0) is 38.6 Å². The number of unbranched alkanes of at least 4 members (excludes halogenated alkanes) is 2. The summed E-state index contributed by atoms with van der Waals surface area (Å²) in [6, 6.07) is 16.9. The summed E-state index contributed by atoms with van der Waals surface area (Å²) in [4.78, 5) is 9.83. The second-order valence-electron chi connectivity index (χ2n) is 7.65. The van der Waals surface area contributed by atoms with Crippen LogP contribution in [-0.4, -0.2) is 61.1 Å². The molecule has 1 aliphatic heterocycles. The Morgan fingerprint density at radius 2 is 1.43 bits per heavy atom. The molecule has 1 aliphatic rings. The van der Waals surface area contributed by atoms with Crippen LogP contribution in [0.2, 0.25) is 0 Å². The van der Waals surface area contributed by atoms with Crippen LogP contribution in [0.5, 0.6) is 0 Å². The zero-order valence-corrected chi connectivity index (χ0v) is 17.5. The van der Waals surface area contributed by atoms with Crippen molar-refractivity contribution in [2.45, 2.75) is 19.3 Å². The predicted molar refractivity (Wildman–Crippen MR) is 123 cm³/mol. The van der Waals surface area contributed by atoms with Gasteiger partial charge in [0.15, 0.2) is 0 Å². The van der Waals surface area contributed by atoms with Gasteiger partial charge in [-0.1, -0.05) is 42.8 Å². The fraction of sp³-hybridized carbons (Fsp3) is 0.435. The first kappa shape index (κ1) is 20.8. The molecule has 0 saturated carbocycles. The lowest BCUT2D eigenvalue weighted by Crippen LogP contribution is -2.44. The Bertz CT molecular complexity index is 836. The highest BCUT2D eigenvalue weighted by atomic mass is 35.5. The fourth-order valence-electron chi connectivity index (χ4n) is 3.95. The number of piperazine rings is 1. The molecule has 4 rings (SSSR count). The number of benzene rings is 2. The van der Waals surface area contributed by atoms with E-state index in [1.807, 2.05) is 0 Å². The van der Waals surface area contributed by atoms with E-state index in [0.717, 1.165) is 17.6 Å². The van der Waals surface area contributed by atoms with Crippen molar-refractivity contribution in [1.29, 1.82) is 0 Å². The summed E-state index contributed by atoms with van der Waals surface area (Å²) in [5.41, 5.74) is 3.36. The van der Waals surface area contributed by atoms with Crippen molar-refractivity contribution in [1.82, 2.24) is 14.8 Å². The minimum atomic E-state index is 0. The number of para-hydroxylation sites is 2. The van der Waals surface area contributed by atoms with Crippen LogP contribution in [-0.2, 0) is 0 Å². The number of nitrogens with zero attached hydrogens (tertiary/aromatic N) is 3. The van der Waals surface area contributed by atoms with Crippen molar-refractivity contribution in [2.24, 2.45) is 0 Å². The molecule has 4 nitrogen and oxygen atoms in total. The lowest BCUT2D eigenvalue weighted by Gasteiger charge is -2.32. The molecule has 1 fully saturated rings. The number of hydrogen-bond acceptors (Lipinski definition) is 4. The Balaban J connectivity index is 0.00000225. The van der Waals surface area contributed by atoms with E-state index < -0.39 is 0 Å². The maximum absolute atomic E-state index is 4.80. The van der Waals surface area contributed by atoms with Gasteiger partial charge in [0.1, 0.15) is 0 Å². The Morgan fingerprint density at radius 3 is 2.07 bits per heavy atom. The quantitative estimate of drug-likeness (QED) is 0.464. The van der Waals surface area contributed by atoms with E-state index in [1.54, 1.807) is 0 Å². The molecule has 0 aliphatic carbocycles. The lowest BCUT2D eigenvalue weighted by atomic mass is 10.1. The Morgan fingerprint density at radius 1 is 0.821 bits per heavy atom. The third kappa shape index (κ3) is 4.93. The van der Waals surface area contributed by atoms with Crippen LogP contribution < -0.4 is 5.32 Å². The van der Waals surface area contributed by atoms with Gasteiger partial charge < -0.3 is 15.1 Å². The lowest BCUT2D eigenvalue weighted by molar-refractivity contribution is 0.152. The van der Waals surface area contributed by atoms with Crippen molar-refractivity contribution >= 4 is 39.9 Å². The standard InChI is InChI=1S/C23H30N4.ClH/c1-26-15-17-27(18-16-26)14-8-2-7-13-24-23-19-9-3-5-11-21(19)25-22-12-6-4-10-20(22)23;/h3-6,9-12H,2,7-8,13-18H2,1H3,(H,24,25);1H. The number of nitrogens with one attached hydrogen (secondary N) is 1. The number of likely N-dealkylation sites (N-methyl/N-ethyl adjacent to an activating group) is 1. The number of pyridine rings is 1. The molecule has 0 bridgehead atoms. The van der Waals surface area contributed by atoms with Gasteiger partial charge in [0, 0.05) is 43.5 Å². The van der Waals surface area contributed by atoms with Crippen LogP contribution in [0.1, 0.15) is 19.3 Å². The number of anilines is 1. The molecule has 2 aromatic carbocycles. The third-order valence-corrected chi connectivity index (χ3v) is 5.64. The largest absolute Gasteiger partial charge is 0.384 e. The summed E-state index contributed by atoms with van der Waals surface area (Å²) >= 11 is 0. The van der Waals surface area contributed by atoms with E-state index >= 15 is 0 Å². The SMILES string of the molecule is CN1CCN(CCCCCNc2c3ccccc3nc3ccccc23)CC1.Cl. The summed E-state index contributed by atoms with van der Waals surface area (Å²) in [7, 11) is 2.22. The van der Waals surface area contributed by atoms with Gasteiger partial charge in [0.25, 0.3) is 0 Å². The van der Waals surface area contributed by atoms with Crippen LogP contribution in [0.4, 0.5) is 5.69 Å². The first-order chi connectivity index (χ1) is 13.3. The number of fused-ring (bicyclic) bond motifs is 2. The van der Waals surface area contributed by atoms with Crippen LogP contribution in [0, 0.1) is 0 Å². The Kier molecular flexibility index (Phi) is 7.49. The van der Waals surface area contributed by atoms with E-state index in [1.165, 1.54) is 68.4 Å². The van der Waals surface area contributed by atoms with Crippen molar-refractivity contribution in [3.8, 4) is 0 Å². The van der Waals surface area contributed by atoms with Crippen molar-refractivity contribution in [3.05, 3.63) is 48.5 Å². The topological polar surface area (TPSA) is 31.4 Å². The molecule has 0 atom stereocenters. The average Bonchev–Trinajstić information content (AvgIpc) is 2.71. The Hall–Kier alpha value is -1.88. The van der Waals surface area contributed by atoms with E-state index in [9.17, 15) is 0 Å². The summed E-state index contributed by atoms with van der Waals surface area (Å²) in [5.74, 6) is 0. The first-order valence-electron chi connectivity index (χ1n) is 10.2. The third-order valence-electron chi connectivity index (χ3n) is 5.64. The molecule has 150 valence electrons. The molecule has 5 heteroatoms. The van der Waals surface area contributed by atoms with Crippen molar-refractivity contribution in [3.63, 3.8) is 0 Å². The van der Waals surface area contributed by atoms with Crippen LogP contribution in [0.25, 0.3) is 21.8 Å². The number of hydrogen-bond donors (Lipinski definition) is 1. The van der Waals surface area contributed by atoms with Crippen LogP contribution >= 0.6 is 12.4 Å². The van der Waals surface area contributed by atoms with Crippen LogP contribution in [0.3, 0.4) is 0 Å². The minimum absolute atomic E-state index is 0. The zero-order chi connectivity index (χ0) is 18.5. The summed E-state index contributed by atoms with van der Waals surface area (Å²) in [6.45, 7) is 7.14. The molecule has 0 spiro atoms. The van der Waals surface area contributed by atoms with E-state index in [4.69, 9.17) is 4.98 Å². The van der Waals surface area contributed by atoms with Gasteiger partial charge in [-0.15, -0.1) is 12.4 Å². The molecule has 1 aromatic heterocycles. The van der Waals surface area contributed by atoms with Gasteiger partial charge >= 0.3 is 0 Å². The molecule has 28 heavy (non-hydrogen) atoms. The second-order valence-corrected chi connectivity index (χ2v) is 7.65. The molecule has 1 saturated heterocycles. The number of halogens is 1. The minimum Gasteiger partial charge on any atom is -0.384 e. The zero-order valence-electron chi connectivity index (χ0n) is 16.7. The fourth-order valence-corrected chi connectivity index (χ4v) is 3.95. The van der Waals surface area contributed by atoms with Gasteiger partial charge in [-0.25, -0.2) is 4.98 Å². The molecule has 1 N–H and O–H groups in total. The molecule has 0 amide bonds. The normalized spacial score (nSPS) is 15.6. The second kappa shape index (κ2) is 10.1. The van der Waals surface area contributed by atoms with Gasteiger partial charge in [-0.3, -0.25) is 0 Å². The first-order valence-corrected chi connectivity index (χ1v) is 10.2. The monoisotopic (exact) mass is 398 g/mol. The molecular weight excluding hydrogens is 368 g/mol. The number of aromatic nitrogens is 1. The molecule has 0 unspecified atom stereocenters. The van der Waals surface area contributed by atoms with Gasteiger partial charge in [0.2, 0.25) is 0 Å². The maximum atomic E-state index is 4.80. The summed E-state index contributed by atoms with van der Waals surface area (Å²) in [5, 5.41) is 6.15. The van der Waals surface area contributed by atoms with Gasteiger partial charge in [0.05, 0.1) is 16.7 Å². The van der Waals surface area contributed by atoms with Gasteiger partial charge in [-0.2, -0.15) is 0 Å². The van der Waals surface area contributed by atoms with E-state index in [0.29, 0.717) is 0 Å². The predicted octanol–water partition coefficient (Wildman–Crippen LogP) is 4.64.